The number of aromatic nitrogens is 1. The van der Waals surface area contributed by atoms with Gasteiger partial charge in [0.05, 0.1) is 11.0 Å². The number of nitrogens with zero attached hydrogens (tertiary/aromatic N) is 1. The number of halogens is 1. The van der Waals surface area contributed by atoms with Gasteiger partial charge in [-0.25, -0.2) is 0 Å². The van der Waals surface area contributed by atoms with Gasteiger partial charge < -0.3 is 4.57 Å². The van der Waals surface area contributed by atoms with E-state index in [0.29, 0.717) is 0 Å². The molecule has 0 atom stereocenters. The molecule has 1 aromatic heterocycles. The number of para-hydroxylation sites is 2. The van der Waals surface area contributed by atoms with Gasteiger partial charge in [0.1, 0.15) is 0 Å². The second-order valence-electron chi connectivity index (χ2n) is 7.95. The molecule has 152 valence electrons. The third kappa shape index (κ3) is 3.07. The van der Waals surface area contributed by atoms with E-state index < -0.39 is 0 Å². The molecular formula is C30H20BrN. The molecule has 5 aromatic carbocycles. The SMILES string of the molecule is Brc1cccc(-c2ccccc2)c1-c1ccc2c3ccccc3n(-c3ccccc3)c2c1. The Morgan fingerprint density at radius 1 is 0.500 bits per heavy atom. The van der Waals surface area contributed by atoms with Crippen molar-refractivity contribution in [2.75, 3.05) is 0 Å². The number of fused-ring (bicyclic) bond motifs is 3. The van der Waals surface area contributed by atoms with Crippen molar-refractivity contribution in [2.24, 2.45) is 0 Å². The molecule has 0 aliphatic carbocycles. The van der Waals surface area contributed by atoms with E-state index in [9.17, 15) is 0 Å². The van der Waals surface area contributed by atoms with E-state index in [4.69, 9.17) is 0 Å². The minimum absolute atomic E-state index is 1.10. The summed E-state index contributed by atoms with van der Waals surface area (Å²) in [5.74, 6) is 0. The van der Waals surface area contributed by atoms with Crippen LogP contribution >= 0.6 is 15.9 Å². The molecule has 1 nitrogen and oxygen atoms in total. The predicted molar refractivity (Wildman–Crippen MR) is 139 cm³/mol. The Bertz CT molecular complexity index is 1560. The minimum Gasteiger partial charge on any atom is -0.309 e. The molecular weight excluding hydrogens is 454 g/mol. The molecule has 6 aromatic rings. The minimum atomic E-state index is 1.10. The number of rotatable bonds is 3. The second-order valence-corrected chi connectivity index (χ2v) is 8.80. The Labute approximate surface area is 195 Å². The van der Waals surface area contributed by atoms with Crippen LogP contribution in [0.5, 0.6) is 0 Å². The first-order valence-corrected chi connectivity index (χ1v) is 11.5. The van der Waals surface area contributed by atoms with Crippen LogP contribution in [0.25, 0.3) is 49.7 Å². The quantitative estimate of drug-likeness (QED) is 0.241. The Balaban J connectivity index is 1.67. The van der Waals surface area contributed by atoms with Gasteiger partial charge in [0, 0.05) is 26.5 Å². The van der Waals surface area contributed by atoms with Crippen LogP contribution in [-0.4, -0.2) is 4.57 Å². The fourth-order valence-electron chi connectivity index (χ4n) is 4.66. The average molecular weight is 474 g/mol. The summed E-state index contributed by atoms with van der Waals surface area (Å²) in [6.07, 6.45) is 0. The Hall–Kier alpha value is -3.62. The van der Waals surface area contributed by atoms with E-state index in [2.05, 4.69) is 142 Å². The maximum atomic E-state index is 3.84. The topological polar surface area (TPSA) is 4.93 Å². The molecule has 6 rings (SSSR count). The molecule has 0 radical (unpaired) electrons. The summed E-state index contributed by atoms with van der Waals surface area (Å²) in [5.41, 5.74) is 8.46. The van der Waals surface area contributed by atoms with Crippen molar-refractivity contribution >= 4 is 37.7 Å². The zero-order valence-corrected chi connectivity index (χ0v) is 19.0. The van der Waals surface area contributed by atoms with Gasteiger partial charge in [-0.15, -0.1) is 0 Å². The zero-order valence-electron chi connectivity index (χ0n) is 17.4. The lowest BCUT2D eigenvalue weighted by molar-refractivity contribution is 1.18. The van der Waals surface area contributed by atoms with Crippen LogP contribution in [0.2, 0.25) is 0 Å². The van der Waals surface area contributed by atoms with E-state index in [1.807, 2.05) is 0 Å². The zero-order chi connectivity index (χ0) is 21.5. The lowest BCUT2D eigenvalue weighted by Gasteiger charge is -2.14. The molecule has 1 heterocycles. The molecule has 0 aliphatic heterocycles. The van der Waals surface area contributed by atoms with E-state index in [1.54, 1.807) is 0 Å². The van der Waals surface area contributed by atoms with Crippen molar-refractivity contribution < 1.29 is 0 Å². The highest BCUT2D eigenvalue weighted by Crippen LogP contribution is 2.40. The summed E-state index contributed by atoms with van der Waals surface area (Å²) in [6.45, 7) is 0. The highest BCUT2D eigenvalue weighted by atomic mass is 79.9. The maximum Gasteiger partial charge on any atom is 0.0547 e. The van der Waals surface area contributed by atoms with Crippen molar-refractivity contribution in [1.29, 1.82) is 0 Å². The smallest absolute Gasteiger partial charge is 0.0547 e. The van der Waals surface area contributed by atoms with E-state index in [0.717, 1.165) is 4.47 Å². The predicted octanol–water partition coefficient (Wildman–Crippen LogP) is 8.88. The number of benzene rings is 5. The first kappa shape index (κ1) is 19.1. The van der Waals surface area contributed by atoms with Gasteiger partial charge in [-0.2, -0.15) is 0 Å². The fourth-order valence-corrected chi connectivity index (χ4v) is 5.25. The van der Waals surface area contributed by atoms with Gasteiger partial charge >= 0.3 is 0 Å². The lowest BCUT2D eigenvalue weighted by atomic mass is 9.94. The highest BCUT2D eigenvalue weighted by Gasteiger charge is 2.16. The lowest BCUT2D eigenvalue weighted by Crippen LogP contribution is -1.93. The first-order chi connectivity index (χ1) is 15.8. The first-order valence-electron chi connectivity index (χ1n) is 10.7. The number of hydrogen-bond acceptors (Lipinski definition) is 0. The molecule has 0 saturated carbocycles. The Kier molecular flexibility index (Phi) is 4.66. The Morgan fingerprint density at radius 3 is 2.00 bits per heavy atom. The van der Waals surface area contributed by atoms with Crippen LogP contribution in [0.4, 0.5) is 0 Å². The molecule has 0 spiro atoms. The third-order valence-corrected chi connectivity index (χ3v) is 6.74. The molecule has 0 fully saturated rings. The van der Waals surface area contributed by atoms with Crippen LogP contribution in [0.15, 0.2) is 126 Å². The summed E-state index contributed by atoms with van der Waals surface area (Å²) in [7, 11) is 0. The summed E-state index contributed by atoms with van der Waals surface area (Å²) in [4.78, 5) is 0. The van der Waals surface area contributed by atoms with Crippen molar-refractivity contribution in [3.05, 3.63) is 126 Å². The highest BCUT2D eigenvalue weighted by molar-refractivity contribution is 9.10. The van der Waals surface area contributed by atoms with Crippen LogP contribution in [0, 0.1) is 0 Å². The van der Waals surface area contributed by atoms with Crippen LogP contribution in [0.1, 0.15) is 0 Å². The van der Waals surface area contributed by atoms with Crippen LogP contribution in [-0.2, 0) is 0 Å². The molecule has 32 heavy (non-hydrogen) atoms. The fraction of sp³-hybridized carbons (Fsp3) is 0. The summed E-state index contributed by atoms with van der Waals surface area (Å²) in [6, 6.07) is 43.1. The van der Waals surface area contributed by atoms with E-state index >= 15 is 0 Å². The molecule has 2 heteroatoms. The van der Waals surface area contributed by atoms with Gasteiger partial charge in [0.15, 0.2) is 0 Å². The molecule has 0 bridgehead atoms. The van der Waals surface area contributed by atoms with Gasteiger partial charge in [0.2, 0.25) is 0 Å². The van der Waals surface area contributed by atoms with Gasteiger partial charge in [-0.05, 0) is 47.0 Å². The van der Waals surface area contributed by atoms with Gasteiger partial charge in [0.25, 0.3) is 0 Å². The second kappa shape index (κ2) is 7.81. The largest absolute Gasteiger partial charge is 0.309 e. The Morgan fingerprint density at radius 2 is 1.19 bits per heavy atom. The standard InChI is InChI=1S/C30H20BrN/c31-27-16-9-15-24(21-10-3-1-4-11-21)30(27)22-18-19-26-25-14-7-8-17-28(25)32(29(26)20-22)23-12-5-2-6-13-23/h1-20H. The molecule has 0 amide bonds. The summed E-state index contributed by atoms with van der Waals surface area (Å²) < 4.78 is 3.47. The monoisotopic (exact) mass is 473 g/mol. The van der Waals surface area contributed by atoms with Gasteiger partial charge in [-0.3, -0.25) is 0 Å². The maximum absolute atomic E-state index is 3.84. The van der Waals surface area contributed by atoms with E-state index in [1.165, 1.54) is 49.7 Å². The third-order valence-electron chi connectivity index (χ3n) is 6.08. The van der Waals surface area contributed by atoms with Crippen molar-refractivity contribution in [1.82, 2.24) is 4.57 Å². The van der Waals surface area contributed by atoms with Crippen LogP contribution in [0.3, 0.4) is 0 Å². The van der Waals surface area contributed by atoms with Crippen molar-refractivity contribution in [3.8, 4) is 27.9 Å². The average Bonchev–Trinajstić information content (AvgIpc) is 3.18. The molecule has 0 aliphatic rings. The molecule has 0 N–H and O–H groups in total. The van der Waals surface area contributed by atoms with Crippen LogP contribution < -0.4 is 0 Å². The summed E-state index contributed by atoms with van der Waals surface area (Å²) in [5, 5.41) is 2.54. The van der Waals surface area contributed by atoms with Crippen molar-refractivity contribution in [3.63, 3.8) is 0 Å². The van der Waals surface area contributed by atoms with E-state index in [-0.39, 0.29) is 0 Å². The van der Waals surface area contributed by atoms with Crippen molar-refractivity contribution in [2.45, 2.75) is 0 Å². The van der Waals surface area contributed by atoms with Gasteiger partial charge in [-0.1, -0.05) is 107 Å². The molecule has 0 unspecified atom stereocenters. The number of hydrogen-bond donors (Lipinski definition) is 0. The molecule has 0 saturated heterocycles. The summed E-state index contributed by atoms with van der Waals surface area (Å²) >= 11 is 3.84. The normalized spacial score (nSPS) is 11.3.